The van der Waals surface area contributed by atoms with E-state index in [-0.39, 0.29) is 12.1 Å². The molecule has 1 aromatic heterocycles. The summed E-state index contributed by atoms with van der Waals surface area (Å²) in [5, 5.41) is 4.32. The summed E-state index contributed by atoms with van der Waals surface area (Å²) in [6.07, 6.45) is 5.34. The lowest BCUT2D eigenvalue weighted by atomic mass is 10.1. The van der Waals surface area contributed by atoms with E-state index in [2.05, 4.69) is 11.2 Å². The maximum absolute atomic E-state index is 5.76. The minimum Gasteiger partial charge on any atom is -0.459 e. The summed E-state index contributed by atoms with van der Waals surface area (Å²) >= 11 is 0. The van der Waals surface area contributed by atoms with Gasteiger partial charge in [-0.3, -0.25) is 5.32 Å². The number of hydrogen-bond donors (Lipinski definition) is 2. The Bertz CT molecular complexity index is 505. The Hall–Kier alpha value is -1.76. The summed E-state index contributed by atoms with van der Waals surface area (Å²) in [5.74, 6) is 3.45. The zero-order valence-corrected chi connectivity index (χ0v) is 9.81. The molecule has 0 saturated carbocycles. The molecule has 2 aromatic rings. The standard InChI is InChI=1S/C14H16N2O/c1-3-10(2)16-12(9-15)14-8-11-6-4-5-7-13(11)17-14/h1,4-8,10,12,16H,9,15H2,2H3. The minimum atomic E-state index is -0.0477. The van der Waals surface area contributed by atoms with E-state index in [9.17, 15) is 0 Å². The second-order valence-electron chi connectivity index (χ2n) is 4.03. The van der Waals surface area contributed by atoms with Crippen molar-refractivity contribution in [2.45, 2.75) is 19.0 Å². The normalized spacial score (nSPS) is 14.4. The smallest absolute Gasteiger partial charge is 0.134 e. The van der Waals surface area contributed by atoms with Gasteiger partial charge in [0.1, 0.15) is 11.3 Å². The summed E-state index contributed by atoms with van der Waals surface area (Å²) in [6, 6.07) is 9.81. The number of rotatable bonds is 4. The molecule has 2 unspecified atom stereocenters. The highest BCUT2D eigenvalue weighted by atomic mass is 16.3. The van der Waals surface area contributed by atoms with Crippen LogP contribution in [0.1, 0.15) is 18.7 Å². The van der Waals surface area contributed by atoms with E-state index in [1.165, 1.54) is 0 Å². The number of furan rings is 1. The molecule has 3 nitrogen and oxygen atoms in total. The van der Waals surface area contributed by atoms with Crippen LogP contribution in [0.4, 0.5) is 0 Å². The SMILES string of the molecule is C#CC(C)NC(CN)c1cc2ccccc2o1. The van der Waals surface area contributed by atoms with E-state index in [1.54, 1.807) is 0 Å². The summed E-state index contributed by atoms with van der Waals surface area (Å²) in [6.45, 7) is 2.37. The van der Waals surface area contributed by atoms with Crippen molar-refractivity contribution in [2.75, 3.05) is 6.54 Å². The molecule has 0 aliphatic rings. The number of para-hydroxylation sites is 1. The van der Waals surface area contributed by atoms with Crippen LogP contribution >= 0.6 is 0 Å². The first-order valence-electron chi connectivity index (χ1n) is 5.65. The Morgan fingerprint density at radius 3 is 2.88 bits per heavy atom. The summed E-state index contributed by atoms with van der Waals surface area (Å²) in [5.41, 5.74) is 6.61. The predicted molar refractivity (Wildman–Crippen MR) is 69.4 cm³/mol. The average molecular weight is 228 g/mol. The van der Waals surface area contributed by atoms with Crippen molar-refractivity contribution in [2.24, 2.45) is 5.73 Å². The summed E-state index contributed by atoms with van der Waals surface area (Å²) in [7, 11) is 0. The first kappa shape index (κ1) is 11.7. The molecule has 0 aliphatic carbocycles. The van der Waals surface area contributed by atoms with E-state index in [0.717, 1.165) is 16.7 Å². The Morgan fingerprint density at radius 1 is 1.47 bits per heavy atom. The van der Waals surface area contributed by atoms with Gasteiger partial charge in [-0.15, -0.1) is 6.42 Å². The molecule has 0 spiro atoms. The lowest BCUT2D eigenvalue weighted by Gasteiger charge is -2.16. The molecule has 2 atom stereocenters. The fraction of sp³-hybridized carbons (Fsp3) is 0.286. The van der Waals surface area contributed by atoms with Crippen LogP contribution in [0.25, 0.3) is 11.0 Å². The van der Waals surface area contributed by atoms with Gasteiger partial charge in [0.2, 0.25) is 0 Å². The fourth-order valence-corrected chi connectivity index (χ4v) is 1.79. The third-order valence-electron chi connectivity index (χ3n) is 2.72. The third-order valence-corrected chi connectivity index (χ3v) is 2.72. The predicted octanol–water partition coefficient (Wildman–Crippen LogP) is 2.04. The number of terminal acetylenes is 1. The van der Waals surface area contributed by atoms with Crippen molar-refractivity contribution in [3.8, 4) is 12.3 Å². The minimum absolute atomic E-state index is 0.0308. The first-order chi connectivity index (χ1) is 8.24. The van der Waals surface area contributed by atoms with Crippen molar-refractivity contribution in [1.29, 1.82) is 0 Å². The van der Waals surface area contributed by atoms with Gasteiger partial charge in [-0.25, -0.2) is 0 Å². The highest BCUT2D eigenvalue weighted by Crippen LogP contribution is 2.23. The van der Waals surface area contributed by atoms with Gasteiger partial charge >= 0.3 is 0 Å². The Balaban J connectivity index is 2.27. The van der Waals surface area contributed by atoms with Crippen LogP contribution in [0.5, 0.6) is 0 Å². The molecular weight excluding hydrogens is 212 g/mol. The second-order valence-corrected chi connectivity index (χ2v) is 4.03. The number of fused-ring (bicyclic) bond motifs is 1. The molecule has 3 heteroatoms. The van der Waals surface area contributed by atoms with Crippen LogP contribution in [0.15, 0.2) is 34.7 Å². The number of benzene rings is 1. The van der Waals surface area contributed by atoms with Crippen LogP contribution in [-0.4, -0.2) is 12.6 Å². The number of nitrogens with two attached hydrogens (primary N) is 1. The molecule has 0 fully saturated rings. The monoisotopic (exact) mass is 228 g/mol. The van der Waals surface area contributed by atoms with Crippen molar-refractivity contribution < 1.29 is 4.42 Å². The molecule has 17 heavy (non-hydrogen) atoms. The van der Waals surface area contributed by atoms with Gasteiger partial charge in [0.15, 0.2) is 0 Å². The van der Waals surface area contributed by atoms with Crippen molar-refractivity contribution in [3.05, 3.63) is 36.1 Å². The molecule has 1 heterocycles. The number of hydrogen-bond acceptors (Lipinski definition) is 3. The summed E-state index contributed by atoms with van der Waals surface area (Å²) < 4.78 is 5.76. The van der Waals surface area contributed by atoms with Crippen LogP contribution in [0.3, 0.4) is 0 Å². The van der Waals surface area contributed by atoms with E-state index in [4.69, 9.17) is 16.6 Å². The lowest BCUT2D eigenvalue weighted by Crippen LogP contribution is -2.33. The van der Waals surface area contributed by atoms with Gasteiger partial charge < -0.3 is 10.2 Å². The quantitative estimate of drug-likeness (QED) is 0.787. The maximum Gasteiger partial charge on any atom is 0.134 e. The topological polar surface area (TPSA) is 51.2 Å². The van der Waals surface area contributed by atoms with E-state index >= 15 is 0 Å². The van der Waals surface area contributed by atoms with E-state index in [1.807, 2.05) is 37.3 Å². The largest absolute Gasteiger partial charge is 0.459 e. The van der Waals surface area contributed by atoms with Crippen LogP contribution in [-0.2, 0) is 0 Å². The zero-order valence-electron chi connectivity index (χ0n) is 9.81. The molecule has 0 radical (unpaired) electrons. The molecule has 88 valence electrons. The van der Waals surface area contributed by atoms with Crippen LogP contribution < -0.4 is 11.1 Å². The van der Waals surface area contributed by atoms with Gasteiger partial charge in [0.05, 0.1) is 12.1 Å². The molecular formula is C14H16N2O. The van der Waals surface area contributed by atoms with E-state index < -0.39 is 0 Å². The molecule has 0 bridgehead atoms. The zero-order chi connectivity index (χ0) is 12.3. The Kier molecular flexibility index (Phi) is 3.48. The molecule has 2 rings (SSSR count). The Labute approximate surface area is 101 Å². The summed E-state index contributed by atoms with van der Waals surface area (Å²) in [4.78, 5) is 0. The Morgan fingerprint density at radius 2 is 2.24 bits per heavy atom. The first-order valence-corrected chi connectivity index (χ1v) is 5.65. The van der Waals surface area contributed by atoms with Gasteiger partial charge in [-0.2, -0.15) is 0 Å². The van der Waals surface area contributed by atoms with E-state index in [0.29, 0.717) is 6.54 Å². The molecule has 1 aromatic carbocycles. The van der Waals surface area contributed by atoms with Gasteiger partial charge in [-0.05, 0) is 19.1 Å². The molecule has 0 saturated heterocycles. The molecule has 3 N–H and O–H groups in total. The molecule has 0 amide bonds. The van der Waals surface area contributed by atoms with Crippen LogP contribution in [0.2, 0.25) is 0 Å². The van der Waals surface area contributed by atoms with Gasteiger partial charge in [0, 0.05) is 11.9 Å². The second kappa shape index (κ2) is 5.05. The fourth-order valence-electron chi connectivity index (χ4n) is 1.79. The average Bonchev–Trinajstić information content (AvgIpc) is 2.78. The highest BCUT2D eigenvalue weighted by Gasteiger charge is 2.15. The van der Waals surface area contributed by atoms with Crippen molar-refractivity contribution in [3.63, 3.8) is 0 Å². The third kappa shape index (κ3) is 2.50. The van der Waals surface area contributed by atoms with Gasteiger partial charge in [-0.1, -0.05) is 24.1 Å². The number of nitrogens with one attached hydrogen (secondary N) is 1. The maximum atomic E-state index is 5.76. The lowest BCUT2D eigenvalue weighted by molar-refractivity contribution is 0.424. The van der Waals surface area contributed by atoms with Crippen molar-refractivity contribution in [1.82, 2.24) is 5.32 Å². The van der Waals surface area contributed by atoms with Gasteiger partial charge in [0.25, 0.3) is 0 Å². The highest BCUT2D eigenvalue weighted by molar-refractivity contribution is 5.77. The van der Waals surface area contributed by atoms with Crippen LogP contribution in [0, 0.1) is 12.3 Å². The molecule has 0 aliphatic heterocycles. The van der Waals surface area contributed by atoms with Crippen molar-refractivity contribution >= 4 is 11.0 Å².